The molecule has 0 amide bonds. The molecule has 1 aromatic carbocycles. The molecule has 3 heterocycles. The number of rotatable bonds is 5. The lowest BCUT2D eigenvalue weighted by atomic mass is 10.0. The fourth-order valence-electron chi connectivity index (χ4n) is 3.27. The number of benzene rings is 1. The van der Waals surface area contributed by atoms with Crippen molar-refractivity contribution >= 4 is 16.7 Å². The van der Waals surface area contributed by atoms with E-state index in [1.54, 1.807) is 31.6 Å². The Balaban J connectivity index is 1.86. The Morgan fingerprint density at radius 1 is 1.12 bits per heavy atom. The summed E-state index contributed by atoms with van der Waals surface area (Å²) in [5, 5.41) is 3.36. The van der Waals surface area contributed by atoms with Crippen molar-refractivity contribution in [2.45, 2.75) is 12.7 Å². The first kappa shape index (κ1) is 21.3. The lowest BCUT2D eigenvalue weighted by molar-refractivity contribution is -0.138. The van der Waals surface area contributed by atoms with E-state index in [0.29, 0.717) is 12.1 Å². The van der Waals surface area contributed by atoms with Crippen LogP contribution in [0.4, 0.5) is 19.0 Å². The molecule has 0 radical (unpaired) electrons. The van der Waals surface area contributed by atoms with E-state index in [1.807, 2.05) is 0 Å². The largest absolute Gasteiger partial charge is 0.496 e. The van der Waals surface area contributed by atoms with Crippen molar-refractivity contribution in [1.29, 1.82) is 0 Å². The lowest BCUT2D eigenvalue weighted by Crippen LogP contribution is -2.19. The number of pyridine rings is 2. The highest BCUT2D eigenvalue weighted by molar-refractivity contribution is 5.91. The Morgan fingerprint density at radius 3 is 2.56 bits per heavy atom. The van der Waals surface area contributed by atoms with Crippen LogP contribution in [0.5, 0.6) is 5.75 Å². The standard InChI is InChI=1S/C22H18F3N5O2/c1-30-12-28-17-10-16(14-3-4-18(32-2)15(9-14)22(23,24)25)29-20(19(17)21(30)31)27-11-13-5-7-26-8-6-13/h3-10,12H,11H2,1-2H3,(H,27,29). The van der Waals surface area contributed by atoms with Crippen LogP contribution >= 0.6 is 0 Å². The molecule has 0 fully saturated rings. The molecule has 32 heavy (non-hydrogen) atoms. The minimum Gasteiger partial charge on any atom is -0.496 e. The van der Waals surface area contributed by atoms with Crippen LogP contribution in [0.3, 0.4) is 0 Å². The van der Waals surface area contributed by atoms with Gasteiger partial charge in [0.05, 0.1) is 30.2 Å². The number of aromatic nitrogens is 4. The van der Waals surface area contributed by atoms with E-state index in [-0.39, 0.29) is 33.8 Å². The van der Waals surface area contributed by atoms with Gasteiger partial charge in [0.2, 0.25) is 0 Å². The van der Waals surface area contributed by atoms with Crippen molar-refractivity contribution in [2.24, 2.45) is 7.05 Å². The average molecular weight is 441 g/mol. The summed E-state index contributed by atoms with van der Waals surface area (Å²) in [6, 6.07) is 8.79. The van der Waals surface area contributed by atoms with Crippen LogP contribution in [0, 0.1) is 0 Å². The Kier molecular flexibility index (Phi) is 5.52. The maximum atomic E-state index is 13.5. The van der Waals surface area contributed by atoms with Crippen molar-refractivity contribution in [3.8, 4) is 17.0 Å². The van der Waals surface area contributed by atoms with Crippen molar-refractivity contribution < 1.29 is 17.9 Å². The second-order valence-electron chi connectivity index (χ2n) is 7.03. The summed E-state index contributed by atoms with van der Waals surface area (Å²) < 4.78 is 46.7. The summed E-state index contributed by atoms with van der Waals surface area (Å²) in [5.41, 5.74) is 0.433. The van der Waals surface area contributed by atoms with Crippen LogP contribution in [-0.4, -0.2) is 26.6 Å². The molecule has 0 aliphatic rings. The zero-order valence-electron chi connectivity index (χ0n) is 17.1. The minimum absolute atomic E-state index is 0.217. The molecule has 7 nitrogen and oxygen atoms in total. The maximum Gasteiger partial charge on any atom is 0.419 e. The van der Waals surface area contributed by atoms with E-state index in [4.69, 9.17) is 4.74 Å². The van der Waals surface area contributed by atoms with Crippen LogP contribution in [0.15, 0.2) is 59.9 Å². The summed E-state index contributed by atoms with van der Waals surface area (Å²) in [6.45, 7) is 0.336. The van der Waals surface area contributed by atoms with Gasteiger partial charge in [0.25, 0.3) is 5.56 Å². The van der Waals surface area contributed by atoms with Gasteiger partial charge < -0.3 is 14.6 Å². The first-order valence-corrected chi connectivity index (χ1v) is 9.52. The van der Waals surface area contributed by atoms with Crippen molar-refractivity contribution in [3.63, 3.8) is 0 Å². The third-order valence-electron chi connectivity index (χ3n) is 4.91. The molecule has 0 unspecified atom stereocenters. The fourth-order valence-corrected chi connectivity index (χ4v) is 3.27. The molecule has 10 heteroatoms. The zero-order chi connectivity index (χ0) is 22.9. The summed E-state index contributed by atoms with van der Waals surface area (Å²) in [5.74, 6) is -0.0579. The number of aryl methyl sites for hydroxylation is 1. The molecule has 3 aromatic heterocycles. The van der Waals surface area contributed by atoms with Gasteiger partial charge in [0.1, 0.15) is 17.0 Å². The molecule has 4 rings (SSSR count). The number of ether oxygens (including phenoxy) is 1. The number of nitrogens with zero attached hydrogens (tertiary/aromatic N) is 4. The second-order valence-corrected chi connectivity index (χ2v) is 7.03. The maximum absolute atomic E-state index is 13.5. The molecule has 0 aliphatic heterocycles. The fraction of sp³-hybridized carbons (Fsp3) is 0.182. The van der Waals surface area contributed by atoms with E-state index >= 15 is 0 Å². The summed E-state index contributed by atoms with van der Waals surface area (Å²) >= 11 is 0. The molecule has 0 bridgehead atoms. The Hall–Kier alpha value is -3.95. The van der Waals surface area contributed by atoms with Gasteiger partial charge in [-0.2, -0.15) is 13.2 Å². The van der Waals surface area contributed by atoms with Gasteiger partial charge in [-0.1, -0.05) is 0 Å². The number of hydrogen-bond acceptors (Lipinski definition) is 6. The van der Waals surface area contributed by atoms with Crippen LogP contribution in [-0.2, 0) is 19.8 Å². The van der Waals surface area contributed by atoms with Gasteiger partial charge in [-0.3, -0.25) is 9.78 Å². The lowest BCUT2D eigenvalue weighted by Gasteiger charge is -2.15. The minimum atomic E-state index is -4.60. The van der Waals surface area contributed by atoms with Crippen LogP contribution in [0.2, 0.25) is 0 Å². The quantitative estimate of drug-likeness (QED) is 0.504. The average Bonchev–Trinajstić information content (AvgIpc) is 2.79. The number of fused-ring (bicyclic) bond motifs is 1. The van der Waals surface area contributed by atoms with Gasteiger partial charge in [-0.25, -0.2) is 9.97 Å². The van der Waals surface area contributed by atoms with E-state index in [1.165, 1.54) is 36.2 Å². The van der Waals surface area contributed by atoms with Gasteiger partial charge in [0, 0.05) is 31.5 Å². The first-order valence-electron chi connectivity index (χ1n) is 9.52. The molecule has 0 saturated heterocycles. The monoisotopic (exact) mass is 441 g/mol. The summed E-state index contributed by atoms with van der Waals surface area (Å²) in [6.07, 6.45) is 0.0240. The highest BCUT2D eigenvalue weighted by Gasteiger charge is 2.34. The summed E-state index contributed by atoms with van der Waals surface area (Å²) in [4.78, 5) is 25.5. The first-order chi connectivity index (χ1) is 15.3. The third kappa shape index (κ3) is 4.11. The molecule has 164 valence electrons. The van der Waals surface area contributed by atoms with Crippen LogP contribution in [0.1, 0.15) is 11.1 Å². The van der Waals surface area contributed by atoms with Crippen molar-refractivity contribution in [3.05, 3.63) is 76.6 Å². The predicted octanol–water partition coefficient (Wildman–Crippen LogP) is 4.03. The Morgan fingerprint density at radius 2 is 1.88 bits per heavy atom. The van der Waals surface area contributed by atoms with E-state index in [9.17, 15) is 18.0 Å². The summed E-state index contributed by atoms with van der Waals surface area (Å²) in [7, 11) is 2.74. The van der Waals surface area contributed by atoms with Crippen molar-refractivity contribution in [2.75, 3.05) is 12.4 Å². The zero-order valence-corrected chi connectivity index (χ0v) is 17.1. The number of alkyl halides is 3. The Bertz CT molecular complexity index is 1340. The Labute approximate surface area is 180 Å². The molecule has 0 spiro atoms. The molecule has 0 atom stereocenters. The molecule has 0 aliphatic carbocycles. The number of hydrogen-bond donors (Lipinski definition) is 1. The van der Waals surface area contributed by atoms with Gasteiger partial charge in [0.15, 0.2) is 0 Å². The molecule has 1 N–H and O–H groups in total. The molecular formula is C22H18F3N5O2. The van der Waals surface area contributed by atoms with E-state index in [0.717, 1.165) is 11.6 Å². The third-order valence-corrected chi connectivity index (χ3v) is 4.91. The number of halogens is 3. The molecule has 0 saturated carbocycles. The van der Waals surface area contributed by atoms with Gasteiger partial charge in [-0.15, -0.1) is 0 Å². The van der Waals surface area contributed by atoms with Crippen molar-refractivity contribution in [1.82, 2.24) is 19.5 Å². The number of anilines is 1. The highest BCUT2D eigenvalue weighted by atomic mass is 19.4. The van der Waals surface area contributed by atoms with Crippen LogP contribution < -0.4 is 15.6 Å². The second kappa shape index (κ2) is 8.29. The molecule has 4 aromatic rings. The normalized spacial score (nSPS) is 11.5. The van der Waals surface area contributed by atoms with Gasteiger partial charge >= 0.3 is 6.18 Å². The van der Waals surface area contributed by atoms with Gasteiger partial charge in [-0.05, 0) is 42.0 Å². The van der Waals surface area contributed by atoms with Crippen LogP contribution in [0.25, 0.3) is 22.2 Å². The molecular weight excluding hydrogens is 423 g/mol. The predicted molar refractivity (Wildman–Crippen MR) is 113 cm³/mol. The van der Waals surface area contributed by atoms with E-state index < -0.39 is 11.7 Å². The van der Waals surface area contributed by atoms with E-state index in [2.05, 4.69) is 20.3 Å². The smallest absolute Gasteiger partial charge is 0.419 e. The SMILES string of the molecule is COc1ccc(-c2cc3ncn(C)c(=O)c3c(NCc3ccncc3)n2)cc1C(F)(F)F. The highest BCUT2D eigenvalue weighted by Crippen LogP contribution is 2.39. The number of nitrogens with one attached hydrogen (secondary N) is 1. The number of methoxy groups -OCH3 is 1. The topological polar surface area (TPSA) is 81.9 Å².